The van der Waals surface area contributed by atoms with Crippen LogP contribution in [0.3, 0.4) is 0 Å². The minimum atomic E-state index is 0.685. The minimum absolute atomic E-state index is 0.685. The lowest BCUT2D eigenvalue weighted by molar-refractivity contribution is 0.550. The third-order valence-corrected chi connectivity index (χ3v) is 4.18. The second kappa shape index (κ2) is 7.51. The van der Waals surface area contributed by atoms with Gasteiger partial charge in [0.05, 0.1) is 0 Å². The quantitative estimate of drug-likeness (QED) is 0.811. The average molecular weight is 285 g/mol. The number of hydrogen-bond acceptors (Lipinski definition) is 2. The van der Waals surface area contributed by atoms with Gasteiger partial charge in [-0.3, -0.25) is 0 Å². The zero-order valence-electron chi connectivity index (χ0n) is 12.5. The van der Waals surface area contributed by atoms with Gasteiger partial charge < -0.3 is 5.32 Å². The Morgan fingerprint density at radius 2 is 1.80 bits per heavy atom. The van der Waals surface area contributed by atoms with Crippen LogP contribution in [0.5, 0.6) is 0 Å². The summed E-state index contributed by atoms with van der Waals surface area (Å²) in [4.78, 5) is 2.64. The molecule has 1 N–H and O–H groups in total. The molecule has 0 heterocycles. The van der Waals surface area contributed by atoms with E-state index in [1.54, 1.807) is 0 Å². The molecule has 0 aliphatic heterocycles. The molecule has 2 aromatic rings. The third kappa shape index (κ3) is 4.69. The summed E-state index contributed by atoms with van der Waals surface area (Å²) in [6.45, 7) is 8.63. The van der Waals surface area contributed by atoms with Gasteiger partial charge in [-0.2, -0.15) is 0 Å². The SMILES string of the molecule is Cc1ccc(Sc2ccccc2)c(CNCC(C)C)c1. The molecule has 0 aliphatic rings. The summed E-state index contributed by atoms with van der Waals surface area (Å²) in [5.41, 5.74) is 2.71. The Balaban J connectivity index is 2.11. The highest BCUT2D eigenvalue weighted by Crippen LogP contribution is 2.30. The zero-order valence-corrected chi connectivity index (χ0v) is 13.3. The molecule has 0 atom stereocenters. The molecule has 0 fully saturated rings. The zero-order chi connectivity index (χ0) is 14.4. The van der Waals surface area contributed by atoms with Crippen LogP contribution >= 0.6 is 11.8 Å². The summed E-state index contributed by atoms with van der Waals surface area (Å²) >= 11 is 1.84. The van der Waals surface area contributed by atoms with Gasteiger partial charge in [-0.05, 0) is 43.1 Å². The number of benzene rings is 2. The Bertz CT molecular complexity index is 534. The summed E-state index contributed by atoms with van der Waals surface area (Å²) < 4.78 is 0. The van der Waals surface area contributed by atoms with Crippen LogP contribution in [0.1, 0.15) is 25.0 Å². The topological polar surface area (TPSA) is 12.0 Å². The summed E-state index contributed by atoms with van der Waals surface area (Å²) in [7, 11) is 0. The van der Waals surface area contributed by atoms with E-state index in [1.165, 1.54) is 20.9 Å². The lowest BCUT2D eigenvalue weighted by Gasteiger charge is -2.12. The standard InChI is InChI=1S/C18H23NS/c1-14(2)12-19-13-16-11-15(3)9-10-18(16)20-17-7-5-4-6-8-17/h4-11,14,19H,12-13H2,1-3H3. The molecular formula is C18H23NS. The molecule has 0 radical (unpaired) electrons. The van der Waals surface area contributed by atoms with E-state index < -0.39 is 0 Å². The normalized spacial score (nSPS) is 11.0. The molecule has 0 saturated heterocycles. The van der Waals surface area contributed by atoms with Gasteiger partial charge in [-0.25, -0.2) is 0 Å². The second-order valence-electron chi connectivity index (χ2n) is 5.55. The first-order valence-electron chi connectivity index (χ1n) is 7.18. The van der Waals surface area contributed by atoms with Crippen LogP contribution in [0, 0.1) is 12.8 Å². The van der Waals surface area contributed by atoms with Crippen molar-refractivity contribution in [1.29, 1.82) is 0 Å². The fourth-order valence-corrected chi connectivity index (χ4v) is 3.00. The Hall–Kier alpha value is -1.25. The van der Waals surface area contributed by atoms with Crippen LogP contribution in [0.2, 0.25) is 0 Å². The molecule has 0 aromatic heterocycles. The Morgan fingerprint density at radius 1 is 1.05 bits per heavy atom. The van der Waals surface area contributed by atoms with Crippen LogP contribution in [-0.4, -0.2) is 6.54 Å². The third-order valence-electron chi connectivity index (χ3n) is 3.06. The molecule has 0 amide bonds. The van der Waals surface area contributed by atoms with E-state index in [9.17, 15) is 0 Å². The molecule has 2 heteroatoms. The van der Waals surface area contributed by atoms with E-state index in [4.69, 9.17) is 0 Å². The van der Waals surface area contributed by atoms with Gasteiger partial charge >= 0.3 is 0 Å². The summed E-state index contributed by atoms with van der Waals surface area (Å²) in [6, 6.07) is 17.3. The van der Waals surface area contributed by atoms with Crippen molar-refractivity contribution in [3.8, 4) is 0 Å². The maximum atomic E-state index is 3.54. The van der Waals surface area contributed by atoms with Gasteiger partial charge in [0.2, 0.25) is 0 Å². The molecule has 20 heavy (non-hydrogen) atoms. The molecule has 2 rings (SSSR count). The molecule has 0 aliphatic carbocycles. The number of aryl methyl sites for hydroxylation is 1. The van der Waals surface area contributed by atoms with E-state index in [2.05, 4.69) is 74.6 Å². The van der Waals surface area contributed by atoms with Crippen molar-refractivity contribution >= 4 is 11.8 Å². The highest BCUT2D eigenvalue weighted by atomic mass is 32.2. The molecule has 2 aromatic carbocycles. The van der Waals surface area contributed by atoms with E-state index in [1.807, 2.05) is 11.8 Å². The van der Waals surface area contributed by atoms with Crippen LogP contribution in [0.15, 0.2) is 58.3 Å². The van der Waals surface area contributed by atoms with Crippen LogP contribution in [-0.2, 0) is 6.54 Å². The maximum Gasteiger partial charge on any atom is 0.0216 e. The summed E-state index contributed by atoms with van der Waals surface area (Å²) in [5, 5.41) is 3.54. The number of rotatable bonds is 6. The van der Waals surface area contributed by atoms with Crippen molar-refractivity contribution in [3.05, 3.63) is 59.7 Å². The van der Waals surface area contributed by atoms with Gasteiger partial charge in [0.15, 0.2) is 0 Å². The monoisotopic (exact) mass is 285 g/mol. The van der Waals surface area contributed by atoms with E-state index in [0.717, 1.165) is 13.1 Å². The minimum Gasteiger partial charge on any atom is -0.312 e. The Kier molecular flexibility index (Phi) is 5.69. The van der Waals surface area contributed by atoms with Crippen molar-refractivity contribution in [2.75, 3.05) is 6.54 Å². The molecule has 0 unspecified atom stereocenters. The Labute approximate surface area is 126 Å². The van der Waals surface area contributed by atoms with Crippen LogP contribution in [0.4, 0.5) is 0 Å². The molecule has 0 bridgehead atoms. The van der Waals surface area contributed by atoms with Crippen molar-refractivity contribution in [3.63, 3.8) is 0 Å². The summed E-state index contributed by atoms with van der Waals surface area (Å²) in [5.74, 6) is 0.685. The van der Waals surface area contributed by atoms with E-state index in [0.29, 0.717) is 5.92 Å². The fraction of sp³-hybridized carbons (Fsp3) is 0.333. The number of hydrogen-bond donors (Lipinski definition) is 1. The van der Waals surface area contributed by atoms with Gasteiger partial charge in [0, 0.05) is 16.3 Å². The smallest absolute Gasteiger partial charge is 0.0216 e. The summed E-state index contributed by atoms with van der Waals surface area (Å²) in [6.07, 6.45) is 0. The molecule has 0 saturated carbocycles. The predicted molar refractivity (Wildman–Crippen MR) is 88.3 cm³/mol. The van der Waals surface area contributed by atoms with Crippen LogP contribution in [0.25, 0.3) is 0 Å². The van der Waals surface area contributed by atoms with Crippen molar-refractivity contribution in [2.45, 2.75) is 37.1 Å². The van der Waals surface area contributed by atoms with Crippen LogP contribution < -0.4 is 5.32 Å². The van der Waals surface area contributed by atoms with Crippen molar-refractivity contribution in [2.24, 2.45) is 5.92 Å². The Morgan fingerprint density at radius 3 is 2.50 bits per heavy atom. The second-order valence-corrected chi connectivity index (χ2v) is 6.67. The first-order valence-corrected chi connectivity index (χ1v) is 8.00. The predicted octanol–water partition coefficient (Wildman–Crippen LogP) is 4.89. The van der Waals surface area contributed by atoms with E-state index in [-0.39, 0.29) is 0 Å². The lowest BCUT2D eigenvalue weighted by Crippen LogP contribution is -2.19. The van der Waals surface area contributed by atoms with Gasteiger partial charge in [0.25, 0.3) is 0 Å². The lowest BCUT2D eigenvalue weighted by atomic mass is 10.1. The molecule has 0 spiro atoms. The largest absolute Gasteiger partial charge is 0.312 e. The van der Waals surface area contributed by atoms with Crippen molar-refractivity contribution < 1.29 is 0 Å². The molecule has 106 valence electrons. The first kappa shape index (κ1) is 15.1. The van der Waals surface area contributed by atoms with Gasteiger partial charge in [-0.15, -0.1) is 0 Å². The van der Waals surface area contributed by atoms with E-state index >= 15 is 0 Å². The fourth-order valence-electron chi connectivity index (χ4n) is 2.06. The first-order chi connectivity index (χ1) is 9.65. The van der Waals surface area contributed by atoms with Crippen molar-refractivity contribution in [1.82, 2.24) is 5.32 Å². The average Bonchev–Trinajstić information content (AvgIpc) is 2.42. The molecule has 1 nitrogen and oxygen atoms in total. The highest BCUT2D eigenvalue weighted by Gasteiger charge is 2.05. The highest BCUT2D eigenvalue weighted by molar-refractivity contribution is 7.99. The number of nitrogens with one attached hydrogen (secondary N) is 1. The molecular weight excluding hydrogens is 262 g/mol. The van der Waals surface area contributed by atoms with Gasteiger partial charge in [-0.1, -0.05) is 61.5 Å². The van der Waals surface area contributed by atoms with Gasteiger partial charge in [0.1, 0.15) is 0 Å². The maximum absolute atomic E-state index is 3.54.